The van der Waals surface area contributed by atoms with Crippen molar-refractivity contribution in [3.63, 3.8) is 0 Å². The lowest BCUT2D eigenvalue weighted by Crippen LogP contribution is -2.42. The summed E-state index contributed by atoms with van der Waals surface area (Å²) < 4.78 is 26.4. The summed E-state index contributed by atoms with van der Waals surface area (Å²) in [6.07, 6.45) is 0.266. The molecule has 0 saturated heterocycles. The molecule has 2 aromatic carbocycles. The Morgan fingerprint density at radius 3 is 2.50 bits per heavy atom. The van der Waals surface area contributed by atoms with Gasteiger partial charge in [-0.05, 0) is 30.7 Å². The number of benzene rings is 2. The Kier molecular flexibility index (Phi) is 6.63. The third-order valence-electron chi connectivity index (χ3n) is 4.19. The average molecular weight is 412 g/mol. The molecule has 3 aromatic rings. The van der Waals surface area contributed by atoms with E-state index in [1.54, 1.807) is 18.2 Å². The Hall–Kier alpha value is -3.88. The highest BCUT2D eigenvalue weighted by molar-refractivity contribution is 5.96. The third kappa shape index (κ3) is 5.34. The van der Waals surface area contributed by atoms with Gasteiger partial charge in [-0.25, -0.2) is 13.8 Å². The lowest BCUT2D eigenvalue weighted by molar-refractivity contribution is -0.121. The molecule has 0 aliphatic rings. The van der Waals surface area contributed by atoms with Crippen LogP contribution in [0.4, 0.5) is 8.78 Å². The number of carbonyl (C=O) groups is 3. The van der Waals surface area contributed by atoms with Crippen molar-refractivity contribution in [3.8, 4) is 0 Å². The average Bonchev–Trinajstić information content (AvgIpc) is 2.74. The topological polar surface area (TPSA) is 100 Å². The zero-order valence-corrected chi connectivity index (χ0v) is 15.7. The molecule has 1 heterocycles. The fourth-order valence-electron chi connectivity index (χ4n) is 2.67. The van der Waals surface area contributed by atoms with Gasteiger partial charge in [0.05, 0.1) is 11.1 Å². The number of carbonyl (C=O) groups excluding carboxylic acids is 3. The summed E-state index contributed by atoms with van der Waals surface area (Å²) in [7, 11) is 0. The van der Waals surface area contributed by atoms with Gasteiger partial charge < -0.3 is 5.32 Å². The largest absolute Gasteiger partial charge is 0.352 e. The number of pyridine rings is 1. The number of rotatable bonds is 6. The van der Waals surface area contributed by atoms with E-state index in [-0.39, 0.29) is 30.6 Å². The molecule has 3 N–H and O–H groups in total. The van der Waals surface area contributed by atoms with Crippen LogP contribution in [0.5, 0.6) is 0 Å². The van der Waals surface area contributed by atoms with E-state index < -0.39 is 29.4 Å². The Labute approximate surface area is 170 Å². The second-order valence-electron chi connectivity index (χ2n) is 6.38. The molecule has 1 aromatic heterocycles. The number of nitrogens with zero attached hydrogens (tertiary/aromatic N) is 1. The first kappa shape index (κ1) is 20.8. The number of aromatic nitrogens is 1. The van der Waals surface area contributed by atoms with Crippen LogP contribution in [-0.2, 0) is 4.79 Å². The number of halogens is 2. The molecular weight excluding hydrogens is 394 g/mol. The Morgan fingerprint density at radius 2 is 1.70 bits per heavy atom. The molecule has 0 bridgehead atoms. The Bertz CT molecular complexity index is 1100. The molecule has 0 saturated carbocycles. The van der Waals surface area contributed by atoms with Crippen molar-refractivity contribution >= 4 is 28.6 Å². The van der Waals surface area contributed by atoms with Crippen LogP contribution >= 0.6 is 0 Å². The Balaban J connectivity index is 1.40. The van der Waals surface area contributed by atoms with Crippen LogP contribution in [0.15, 0.2) is 54.6 Å². The molecule has 0 atom stereocenters. The SMILES string of the molecule is O=C(CCCNC(=O)c1ccc(F)cc1F)NNC(=O)c1ccc2ccccc2n1. The monoisotopic (exact) mass is 412 g/mol. The lowest BCUT2D eigenvalue weighted by atomic mass is 10.2. The number of amides is 3. The molecule has 0 unspecified atom stereocenters. The van der Waals surface area contributed by atoms with Crippen molar-refractivity contribution < 1.29 is 23.2 Å². The molecule has 9 heteroatoms. The van der Waals surface area contributed by atoms with Gasteiger partial charge in [-0.15, -0.1) is 0 Å². The predicted molar refractivity (Wildman–Crippen MR) is 105 cm³/mol. The van der Waals surface area contributed by atoms with Crippen LogP contribution in [0.25, 0.3) is 10.9 Å². The van der Waals surface area contributed by atoms with Gasteiger partial charge >= 0.3 is 0 Å². The Morgan fingerprint density at radius 1 is 0.900 bits per heavy atom. The fraction of sp³-hybridized carbons (Fsp3) is 0.143. The number of fused-ring (bicyclic) bond motifs is 1. The molecule has 0 spiro atoms. The van der Waals surface area contributed by atoms with Crippen LogP contribution in [-0.4, -0.2) is 29.3 Å². The summed E-state index contributed by atoms with van der Waals surface area (Å²) in [6.45, 7) is 0.100. The van der Waals surface area contributed by atoms with Crippen molar-refractivity contribution in [2.75, 3.05) is 6.54 Å². The maximum absolute atomic E-state index is 13.5. The van der Waals surface area contributed by atoms with E-state index in [1.807, 2.05) is 18.2 Å². The van der Waals surface area contributed by atoms with Gasteiger partial charge in [0.2, 0.25) is 5.91 Å². The molecule has 0 fully saturated rings. The maximum atomic E-state index is 13.5. The van der Waals surface area contributed by atoms with Gasteiger partial charge in [0.25, 0.3) is 11.8 Å². The van der Waals surface area contributed by atoms with E-state index in [0.717, 1.165) is 17.5 Å². The zero-order chi connectivity index (χ0) is 21.5. The molecule has 154 valence electrons. The van der Waals surface area contributed by atoms with Gasteiger partial charge in [-0.1, -0.05) is 24.3 Å². The van der Waals surface area contributed by atoms with Crippen LogP contribution in [0, 0.1) is 11.6 Å². The zero-order valence-electron chi connectivity index (χ0n) is 15.7. The predicted octanol–water partition coefficient (Wildman–Crippen LogP) is 2.48. The number of hydrogen-bond donors (Lipinski definition) is 3. The second kappa shape index (κ2) is 9.55. The van der Waals surface area contributed by atoms with E-state index >= 15 is 0 Å². The van der Waals surface area contributed by atoms with Crippen molar-refractivity contribution in [1.29, 1.82) is 0 Å². The highest BCUT2D eigenvalue weighted by Crippen LogP contribution is 2.11. The third-order valence-corrected chi connectivity index (χ3v) is 4.19. The van der Waals surface area contributed by atoms with Crippen LogP contribution in [0.2, 0.25) is 0 Å². The van der Waals surface area contributed by atoms with E-state index in [2.05, 4.69) is 21.2 Å². The molecule has 0 aliphatic carbocycles. The van der Waals surface area contributed by atoms with Crippen molar-refractivity contribution in [2.45, 2.75) is 12.8 Å². The van der Waals surface area contributed by atoms with Gasteiger partial charge in [-0.2, -0.15) is 0 Å². The minimum atomic E-state index is -0.963. The van der Waals surface area contributed by atoms with Gasteiger partial charge in [0.15, 0.2) is 0 Å². The summed E-state index contributed by atoms with van der Waals surface area (Å²) in [5, 5.41) is 3.33. The number of hydrogen-bond acceptors (Lipinski definition) is 4. The van der Waals surface area contributed by atoms with E-state index in [1.165, 1.54) is 0 Å². The fourth-order valence-corrected chi connectivity index (χ4v) is 2.67. The van der Waals surface area contributed by atoms with Crippen molar-refractivity contribution in [1.82, 2.24) is 21.2 Å². The molecule has 3 rings (SSSR count). The number of nitrogens with one attached hydrogen (secondary N) is 3. The minimum Gasteiger partial charge on any atom is -0.352 e. The smallest absolute Gasteiger partial charge is 0.288 e. The van der Waals surface area contributed by atoms with Crippen molar-refractivity contribution in [3.05, 3.63) is 77.5 Å². The summed E-state index contributed by atoms with van der Waals surface area (Å²) >= 11 is 0. The standard InChI is InChI=1S/C21H18F2N4O3/c22-14-8-9-15(16(23)12-14)20(29)24-11-3-6-19(28)26-27-21(30)18-10-7-13-4-1-2-5-17(13)25-18/h1-2,4-5,7-10,12H,3,6,11H2,(H,24,29)(H,26,28)(H,27,30). The molecule has 30 heavy (non-hydrogen) atoms. The quantitative estimate of drug-likeness (QED) is 0.428. The summed E-state index contributed by atoms with van der Waals surface area (Å²) in [5.41, 5.74) is 5.08. The van der Waals surface area contributed by atoms with E-state index in [4.69, 9.17) is 0 Å². The molecule has 7 nitrogen and oxygen atoms in total. The van der Waals surface area contributed by atoms with Gasteiger partial charge in [0, 0.05) is 24.4 Å². The minimum absolute atomic E-state index is 0.0115. The van der Waals surface area contributed by atoms with Gasteiger partial charge in [-0.3, -0.25) is 25.2 Å². The maximum Gasteiger partial charge on any atom is 0.288 e. The highest BCUT2D eigenvalue weighted by atomic mass is 19.1. The molecule has 3 amide bonds. The molecule has 0 aliphatic heterocycles. The van der Waals surface area contributed by atoms with Crippen LogP contribution in [0.1, 0.15) is 33.7 Å². The van der Waals surface area contributed by atoms with Crippen LogP contribution in [0.3, 0.4) is 0 Å². The van der Waals surface area contributed by atoms with Crippen molar-refractivity contribution in [2.24, 2.45) is 0 Å². The lowest BCUT2D eigenvalue weighted by Gasteiger charge is -2.08. The first-order valence-corrected chi connectivity index (χ1v) is 9.12. The summed E-state index contributed by atoms with van der Waals surface area (Å²) in [4.78, 5) is 40.0. The normalized spacial score (nSPS) is 10.5. The second-order valence-corrected chi connectivity index (χ2v) is 6.38. The first-order valence-electron chi connectivity index (χ1n) is 9.12. The first-order chi connectivity index (χ1) is 14.4. The number of para-hydroxylation sites is 1. The van der Waals surface area contributed by atoms with E-state index in [0.29, 0.717) is 11.6 Å². The van der Waals surface area contributed by atoms with Gasteiger partial charge in [0.1, 0.15) is 17.3 Å². The summed E-state index contributed by atoms with van der Waals surface area (Å²) in [6, 6.07) is 13.3. The molecule has 0 radical (unpaired) electrons. The number of hydrazine groups is 1. The van der Waals surface area contributed by atoms with Crippen LogP contribution < -0.4 is 16.2 Å². The highest BCUT2D eigenvalue weighted by Gasteiger charge is 2.13. The van der Waals surface area contributed by atoms with E-state index in [9.17, 15) is 23.2 Å². The molecular formula is C21H18F2N4O3. The summed E-state index contributed by atoms with van der Waals surface area (Å²) in [5.74, 6) is -3.47.